The molecule has 0 aliphatic carbocycles. The summed E-state index contributed by atoms with van der Waals surface area (Å²) in [5.41, 5.74) is -4.85. The molecule has 41 heteroatoms. The molecule has 1 rings (SSSR count). The normalized spacial score (nSPS) is 15.7. The zero-order chi connectivity index (χ0) is 93.5. The third-order valence-corrected chi connectivity index (χ3v) is 20.0. The number of nitrogens with one attached hydrogen (secondary N) is 17. The predicted molar refractivity (Wildman–Crippen MR) is 441 cm³/mol. The summed E-state index contributed by atoms with van der Waals surface area (Å²) in [7, 11) is 0. The van der Waals surface area contributed by atoms with Gasteiger partial charge in [-0.15, -0.1) is 0 Å². The SMILES string of the molecule is CCC(C)(NC(=O)C(C)(C)NC(=O)C(CC(C)C)NC(=O)C1CCCN1C(=O)C(C)(C)NC(=O)C(C)NC(=O)C(C)NC(=O)C(C)(C)NC(=O)C(C)(C)NC(=O)C(C)(C)NC(=O)C(CCC(N)=O)NC(=O)C(C)(C)NC(=O)C(CC(C)C)NC(=O)C(C)(C)NC(=O)CNC(=O)C(C)(C)NC(C)=O)C(=O)NC(CCC(N)=O)C(=O)NC(CO)C(C)C. The summed E-state index contributed by atoms with van der Waals surface area (Å²) in [4.78, 5) is 271. The number of likely N-dealkylation sites (tertiary alicyclic amines) is 1. The first-order valence-corrected chi connectivity index (χ1v) is 40.3. The number of hydrogen-bond acceptors (Lipinski definition) is 21. The van der Waals surface area contributed by atoms with Gasteiger partial charge in [0.05, 0.1) is 19.2 Å². The lowest BCUT2D eigenvalue weighted by molar-refractivity contribution is -0.145. The number of aliphatic hydroxyl groups is 1. The van der Waals surface area contributed by atoms with Crippen LogP contribution >= 0.6 is 0 Å². The molecule has 0 aromatic rings. The monoisotopic (exact) mass is 1700 g/mol. The van der Waals surface area contributed by atoms with Crippen LogP contribution in [0.25, 0.3) is 0 Å². The molecule has 0 aromatic carbocycles. The third-order valence-electron chi connectivity index (χ3n) is 20.0. The Labute approximate surface area is 703 Å². The van der Waals surface area contributed by atoms with Crippen molar-refractivity contribution in [2.75, 3.05) is 19.7 Å². The van der Waals surface area contributed by atoms with Gasteiger partial charge >= 0.3 is 0 Å². The van der Waals surface area contributed by atoms with Crippen molar-refractivity contribution in [1.29, 1.82) is 0 Å². The van der Waals surface area contributed by atoms with Crippen LogP contribution in [0.15, 0.2) is 0 Å². The summed E-state index contributed by atoms with van der Waals surface area (Å²) in [6.07, 6.45) is -0.769. The molecule has 0 saturated carbocycles. The molecule has 120 heavy (non-hydrogen) atoms. The largest absolute Gasteiger partial charge is 0.394 e. The van der Waals surface area contributed by atoms with Crippen molar-refractivity contribution in [2.24, 2.45) is 29.2 Å². The van der Waals surface area contributed by atoms with Gasteiger partial charge < -0.3 is 112 Å². The molecule has 1 aliphatic heterocycles. The van der Waals surface area contributed by atoms with Crippen LogP contribution in [0.3, 0.4) is 0 Å². The van der Waals surface area contributed by atoms with Gasteiger partial charge in [-0.2, -0.15) is 0 Å². The second-order valence-corrected chi connectivity index (χ2v) is 36.4. The molecule has 0 radical (unpaired) electrons. The lowest BCUT2D eigenvalue weighted by Crippen LogP contribution is -2.67. The molecule has 20 amide bonds. The number of primary amides is 2. The number of nitrogens with two attached hydrogens (primary N) is 2. The maximum atomic E-state index is 14.4. The Morgan fingerprint density at radius 2 is 0.758 bits per heavy atom. The first-order valence-electron chi connectivity index (χ1n) is 40.3. The van der Waals surface area contributed by atoms with Crippen molar-refractivity contribution >= 4 is 118 Å². The van der Waals surface area contributed by atoms with Gasteiger partial charge in [-0.05, 0) is 194 Å². The average molecular weight is 1700 g/mol. The molecular formula is C79H138N20O21. The van der Waals surface area contributed by atoms with E-state index in [1.54, 1.807) is 48.5 Å². The Morgan fingerprint density at radius 1 is 0.392 bits per heavy atom. The van der Waals surface area contributed by atoms with Crippen LogP contribution in [-0.2, 0) is 95.9 Å². The van der Waals surface area contributed by atoms with Crippen LogP contribution < -0.4 is 102 Å². The van der Waals surface area contributed by atoms with E-state index in [2.05, 4.69) is 90.4 Å². The van der Waals surface area contributed by atoms with Crippen molar-refractivity contribution < 1.29 is 101 Å². The smallest absolute Gasteiger partial charge is 0.248 e. The summed E-state index contributed by atoms with van der Waals surface area (Å²) < 4.78 is 0. The molecule has 1 saturated heterocycles. The van der Waals surface area contributed by atoms with E-state index >= 15 is 0 Å². The molecule has 41 nitrogen and oxygen atoms in total. The van der Waals surface area contributed by atoms with Gasteiger partial charge in [0.15, 0.2) is 0 Å². The average Bonchev–Trinajstić information content (AvgIpc) is 1.78. The van der Waals surface area contributed by atoms with E-state index in [0.29, 0.717) is 6.42 Å². The standard InChI is InChI=1S/C79H138N20O21/c1-28-79(27,69(119)88-46(31-33-52(80)102)57(107)86-50(39-100)42(6)7)98-68(118)76(21,22)95-59(109)48(36-40(2)3)85-61(111)51-30-29-35-99(51)70(120)78(25,26)92-56(106)44(9)83-55(105)43(8)84-63(113)74(17,18)96-67(117)77(23,24)97-66(116)75(19,20)93-58(108)47(32-34-53(81)103)87-65(115)73(15,16)94-60(110)49(37-41(4)5)89-64(114)72(13,14)91-54(104)38-82-62(112)71(11,12)90-45(10)101/h40-44,46-51,100H,28-39H2,1-27H3,(H2,80,102)(H2,81,103)(H,82,112)(H,83,105)(H,84,113)(H,85,111)(H,86,107)(H,87,115)(H,88,119)(H,89,114)(H,90,101)(H,91,104)(H,92,106)(H,93,108)(H,94,110)(H,95,109)(H,96,117)(H,97,116)(H,98,118). The van der Waals surface area contributed by atoms with Gasteiger partial charge in [0, 0.05) is 26.3 Å². The molecular weight excluding hydrogens is 1560 g/mol. The highest BCUT2D eigenvalue weighted by atomic mass is 16.3. The summed E-state index contributed by atoms with van der Waals surface area (Å²) in [6.45, 7) is 37.7. The number of rotatable bonds is 47. The van der Waals surface area contributed by atoms with Gasteiger partial charge in [0.25, 0.3) is 0 Å². The molecule has 0 spiro atoms. The maximum absolute atomic E-state index is 14.4. The molecule has 1 fully saturated rings. The fourth-order valence-corrected chi connectivity index (χ4v) is 11.8. The van der Waals surface area contributed by atoms with Gasteiger partial charge in [-0.1, -0.05) is 48.5 Å². The van der Waals surface area contributed by atoms with Crippen molar-refractivity contribution in [2.45, 2.75) is 343 Å². The molecule has 22 N–H and O–H groups in total. The lowest BCUT2D eigenvalue weighted by Gasteiger charge is -2.36. The second kappa shape index (κ2) is 44.1. The number of nitrogens with zero attached hydrogens (tertiary/aromatic N) is 1. The summed E-state index contributed by atoms with van der Waals surface area (Å²) in [6, 6.07) is -10.0. The van der Waals surface area contributed by atoms with Gasteiger partial charge in [-0.3, -0.25) is 95.9 Å². The topological polar surface area (TPSA) is 621 Å². The molecule has 1 heterocycles. The number of hydrogen-bond donors (Lipinski definition) is 20. The fraction of sp³-hybridized carbons (Fsp3) is 0.747. The van der Waals surface area contributed by atoms with E-state index < -0.39 is 242 Å². The van der Waals surface area contributed by atoms with Crippen molar-refractivity contribution in [3.63, 3.8) is 0 Å². The minimum atomic E-state index is -1.90. The number of carbonyl (C=O) groups is 20. The summed E-state index contributed by atoms with van der Waals surface area (Å²) in [5.74, 6) is -17.0. The van der Waals surface area contributed by atoms with Crippen LogP contribution in [0.1, 0.15) is 245 Å². The molecule has 0 bridgehead atoms. The minimum absolute atomic E-state index is 0.0150. The Bertz CT molecular complexity index is 3810. The van der Waals surface area contributed by atoms with E-state index in [4.69, 9.17) is 11.5 Å². The Kier molecular flexibility index (Phi) is 39.4. The van der Waals surface area contributed by atoms with Gasteiger partial charge in [-0.25, -0.2) is 0 Å². The maximum Gasteiger partial charge on any atom is 0.248 e. The predicted octanol–water partition coefficient (Wildman–Crippen LogP) is -3.74. The van der Waals surface area contributed by atoms with E-state index in [0.717, 1.165) is 0 Å². The highest BCUT2D eigenvalue weighted by molar-refractivity contribution is 6.04. The van der Waals surface area contributed by atoms with E-state index in [1.807, 2.05) is 0 Å². The zero-order valence-corrected chi connectivity index (χ0v) is 75.1. The fourth-order valence-electron chi connectivity index (χ4n) is 11.8. The van der Waals surface area contributed by atoms with Crippen LogP contribution in [0.2, 0.25) is 0 Å². The summed E-state index contributed by atoms with van der Waals surface area (Å²) in [5, 5.41) is 53.2. The zero-order valence-electron chi connectivity index (χ0n) is 75.1. The lowest BCUT2D eigenvalue weighted by atomic mass is 9.93. The number of aliphatic hydroxyl groups excluding tert-OH is 1. The minimum Gasteiger partial charge on any atom is -0.394 e. The van der Waals surface area contributed by atoms with Gasteiger partial charge in [0.2, 0.25) is 118 Å². The molecule has 0 aromatic heterocycles. The highest BCUT2D eigenvalue weighted by Crippen LogP contribution is 2.25. The van der Waals surface area contributed by atoms with E-state index in [-0.39, 0.29) is 62.8 Å². The molecule has 9 unspecified atom stereocenters. The highest BCUT2D eigenvalue weighted by Gasteiger charge is 2.48. The summed E-state index contributed by atoms with van der Waals surface area (Å²) >= 11 is 0. The van der Waals surface area contributed by atoms with E-state index in [1.165, 1.54) is 143 Å². The molecule has 9 atom stereocenters. The first kappa shape index (κ1) is 107. The van der Waals surface area contributed by atoms with Crippen LogP contribution in [0.4, 0.5) is 0 Å². The molecule has 1 aliphatic rings. The van der Waals surface area contributed by atoms with E-state index in [9.17, 15) is 101 Å². The van der Waals surface area contributed by atoms with Gasteiger partial charge in [0.1, 0.15) is 92.1 Å². The quantitative estimate of drug-likeness (QED) is 0.0278. The Balaban J connectivity index is 3.16. The van der Waals surface area contributed by atoms with Crippen molar-refractivity contribution in [3.05, 3.63) is 0 Å². The van der Waals surface area contributed by atoms with Crippen LogP contribution in [0, 0.1) is 17.8 Å². The van der Waals surface area contributed by atoms with Crippen molar-refractivity contribution in [3.8, 4) is 0 Å². The first-order chi connectivity index (χ1) is 54.5. The second-order valence-electron chi connectivity index (χ2n) is 36.4. The molecule has 680 valence electrons. The van der Waals surface area contributed by atoms with Crippen LogP contribution in [-0.4, -0.2) is 246 Å². The third kappa shape index (κ3) is 33.5. The Morgan fingerprint density at radius 3 is 1.19 bits per heavy atom. The number of carbonyl (C=O) groups excluding carboxylic acids is 20. The number of amides is 20. The van der Waals surface area contributed by atoms with Crippen LogP contribution in [0.5, 0.6) is 0 Å². The van der Waals surface area contributed by atoms with Crippen molar-refractivity contribution in [1.82, 2.24) is 95.3 Å². The Hall–Kier alpha value is -10.6.